The third-order valence-electron chi connectivity index (χ3n) is 3.58. The minimum absolute atomic E-state index is 0.0162. The minimum atomic E-state index is -0.327. The molecule has 1 amide bonds. The van der Waals surface area contributed by atoms with Gasteiger partial charge in [-0.25, -0.2) is 0 Å². The summed E-state index contributed by atoms with van der Waals surface area (Å²) in [5.74, 6) is -0.299. The van der Waals surface area contributed by atoms with Crippen molar-refractivity contribution in [3.63, 3.8) is 0 Å². The molecule has 3 atom stereocenters. The van der Waals surface area contributed by atoms with E-state index in [4.69, 9.17) is 9.47 Å². The molecule has 19 heavy (non-hydrogen) atoms. The summed E-state index contributed by atoms with van der Waals surface area (Å²) in [6.07, 6.45) is 1.44. The van der Waals surface area contributed by atoms with Crippen molar-refractivity contribution in [3.8, 4) is 0 Å². The Bertz CT molecular complexity index is 346. The lowest BCUT2D eigenvalue weighted by molar-refractivity contribution is -0.155. The van der Waals surface area contributed by atoms with Crippen molar-refractivity contribution in [2.24, 2.45) is 0 Å². The quantitative estimate of drug-likeness (QED) is 0.693. The predicted molar refractivity (Wildman–Crippen MR) is 66.5 cm³/mol. The van der Waals surface area contributed by atoms with Crippen LogP contribution in [0, 0.1) is 0 Å². The Labute approximate surface area is 113 Å². The number of amides is 1. The summed E-state index contributed by atoms with van der Waals surface area (Å²) < 4.78 is 15.7. The van der Waals surface area contributed by atoms with E-state index in [9.17, 15) is 9.59 Å². The van der Waals surface area contributed by atoms with Crippen LogP contribution in [0.3, 0.4) is 0 Å². The van der Waals surface area contributed by atoms with E-state index in [2.05, 4.69) is 4.74 Å². The van der Waals surface area contributed by atoms with E-state index in [1.807, 2.05) is 6.92 Å². The number of morpholine rings is 1. The van der Waals surface area contributed by atoms with E-state index in [0.717, 1.165) is 12.8 Å². The first-order valence-electron chi connectivity index (χ1n) is 6.73. The van der Waals surface area contributed by atoms with E-state index in [0.29, 0.717) is 19.7 Å². The molecule has 6 heteroatoms. The maximum atomic E-state index is 12.3. The molecule has 2 aliphatic rings. The maximum absolute atomic E-state index is 12.3. The highest BCUT2D eigenvalue weighted by Crippen LogP contribution is 2.22. The third kappa shape index (κ3) is 3.67. The van der Waals surface area contributed by atoms with Gasteiger partial charge in [-0.15, -0.1) is 0 Å². The van der Waals surface area contributed by atoms with Gasteiger partial charge in [-0.3, -0.25) is 9.59 Å². The van der Waals surface area contributed by atoms with E-state index in [1.54, 1.807) is 4.90 Å². The number of rotatable bonds is 3. The molecule has 0 radical (unpaired) electrons. The van der Waals surface area contributed by atoms with Crippen LogP contribution in [-0.4, -0.2) is 61.9 Å². The van der Waals surface area contributed by atoms with E-state index in [-0.39, 0.29) is 36.6 Å². The first kappa shape index (κ1) is 14.3. The molecule has 0 spiro atoms. The Morgan fingerprint density at radius 2 is 2.16 bits per heavy atom. The van der Waals surface area contributed by atoms with Crippen LogP contribution in [0.2, 0.25) is 0 Å². The number of hydrogen-bond donors (Lipinski definition) is 0. The number of nitrogens with zero attached hydrogens (tertiary/aromatic N) is 1. The maximum Gasteiger partial charge on any atom is 0.308 e. The van der Waals surface area contributed by atoms with E-state index in [1.165, 1.54) is 7.11 Å². The molecule has 6 nitrogen and oxygen atoms in total. The molecule has 3 unspecified atom stereocenters. The van der Waals surface area contributed by atoms with Gasteiger partial charge in [0.15, 0.2) is 0 Å². The summed E-state index contributed by atoms with van der Waals surface area (Å²) in [4.78, 5) is 25.2. The smallest absolute Gasteiger partial charge is 0.308 e. The lowest BCUT2D eigenvalue weighted by Gasteiger charge is -2.33. The number of hydrogen-bond acceptors (Lipinski definition) is 5. The highest BCUT2D eigenvalue weighted by Gasteiger charge is 2.34. The number of methoxy groups -OCH3 is 1. The fourth-order valence-corrected chi connectivity index (χ4v) is 2.50. The van der Waals surface area contributed by atoms with Crippen LogP contribution in [-0.2, 0) is 23.8 Å². The van der Waals surface area contributed by atoms with Gasteiger partial charge in [-0.05, 0) is 19.8 Å². The average molecular weight is 271 g/mol. The van der Waals surface area contributed by atoms with Gasteiger partial charge < -0.3 is 19.1 Å². The lowest BCUT2D eigenvalue weighted by Crippen LogP contribution is -2.49. The summed E-state index contributed by atoms with van der Waals surface area (Å²) in [6.45, 7) is 3.43. The summed E-state index contributed by atoms with van der Waals surface area (Å²) in [6, 6.07) is 0. The van der Waals surface area contributed by atoms with Gasteiger partial charge >= 0.3 is 5.97 Å². The summed E-state index contributed by atoms with van der Waals surface area (Å²) in [5, 5.41) is 0. The Hall–Kier alpha value is -1.14. The number of ether oxygens (including phenoxy) is 3. The van der Waals surface area contributed by atoms with Crippen molar-refractivity contribution < 1.29 is 23.8 Å². The summed E-state index contributed by atoms with van der Waals surface area (Å²) in [7, 11) is 1.35. The van der Waals surface area contributed by atoms with Crippen LogP contribution in [0.15, 0.2) is 0 Å². The first-order valence-corrected chi connectivity index (χ1v) is 6.73. The van der Waals surface area contributed by atoms with Crippen molar-refractivity contribution >= 4 is 11.9 Å². The van der Waals surface area contributed by atoms with E-state index < -0.39 is 0 Å². The molecule has 0 saturated carbocycles. The summed E-state index contributed by atoms with van der Waals surface area (Å²) >= 11 is 0. The van der Waals surface area contributed by atoms with Crippen molar-refractivity contribution in [1.29, 1.82) is 0 Å². The second-order valence-electron chi connectivity index (χ2n) is 5.07. The number of carbonyl (C=O) groups is 2. The highest BCUT2D eigenvalue weighted by molar-refractivity contribution is 5.81. The van der Waals surface area contributed by atoms with Gasteiger partial charge in [0.25, 0.3) is 5.91 Å². The average Bonchev–Trinajstić information content (AvgIpc) is 2.84. The van der Waals surface area contributed by atoms with Crippen molar-refractivity contribution in [2.45, 2.75) is 44.5 Å². The standard InChI is InChI=1S/C13H21NO5/c1-9-3-4-11(19-9)13(16)14-5-6-18-10(8-14)7-12(15)17-2/h9-11H,3-8H2,1-2H3. The zero-order valence-electron chi connectivity index (χ0n) is 11.5. The molecule has 108 valence electrons. The molecule has 0 aromatic carbocycles. The Morgan fingerprint density at radius 3 is 2.79 bits per heavy atom. The molecule has 2 heterocycles. The predicted octanol–water partition coefficient (Wildman–Crippen LogP) is 0.344. The first-order chi connectivity index (χ1) is 9.10. The number of esters is 1. The van der Waals surface area contributed by atoms with Crippen LogP contribution in [0.5, 0.6) is 0 Å². The Kier molecular flexibility index (Phi) is 4.76. The molecule has 2 aliphatic heterocycles. The number of carbonyl (C=O) groups excluding carboxylic acids is 2. The monoisotopic (exact) mass is 271 g/mol. The lowest BCUT2D eigenvalue weighted by atomic mass is 10.1. The van der Waals surface area contributed by atoms with E-state index >= 15 is 0 Å². The van der Waals surface area contributed by atoms with Crippen molar-refractivity contribution in [1.82, 2.24) is 4.90 Å². The fourth-order valence-electron chi connectivity index (χ4n) is 2.50. The Morgan fingerprint density at radius 1 is 1.37 bits per heavy atom. The van der Waals surface area contributed by atoms with Gasteiger partial charge in [0.05, 0.1) is 32.3 Å². The topological polar surface area (TPSA) is 65.1 Å². The zero-order valence-corrected chi connectivity index (χ0v) is 11.5. The summed E-state index contributed by atoms with van der Waals surface area (Å²) in [5.41, 5.74) is 0. The van der Waals surface area contributed by atoms with Gasteiger partial charge in [0.1, 0.15) is 6.10 Å². The van der Waals surface area contributed by atoms with Crippen molar-refractivity contribution in [3.05, 3.63) is 0 Å². The second kappa shape index (κ2) is 6.34. The van der Waals surface area contributed by atoms with Gasteiger partial charge in [-0.1, -0.05) is 0 Å². The molecule has 2 rings (SSSR count). The second-order valence-corrected chi connectivity index (χ2v) is 5.07. The van der Waals surface area contributed by atoms with Crippen LogP contribution in [0.1, 0.15) is 26.2 Å². The van der Waals surface area contributed by atoms with Crippen LogP contribution < -0.4 is 0 Å². The fraction of sp³-hybridized carbons (Fsp3) is 0.846. The molecule has 2 saturated heterocycles. The molecule has 0 aliphatic carbocycles. The van der Waals surface area contributed by atoms with Gasteiger partial charge in [-0.2, -0.15) is 0 Å². The van der Waals surface area contributed by atoms with Gasteiger partial charge in [0.2, 0.25) is 0 Å². The zero-order chi connectivity index (χ0) is 13.8. The molecule has 2 fully saturated rings. The molecular formula is C13H21NO5. The molecule has 0 bridgehead atoms. The SMILES string of the molecule is COC(=O)CC1CN(C(=O)C2CCC(C)O2)CCO1. The highest BCUT2D eigenvalue weighted by atomic mass is 16.5. The molecule has 0 aromatic rings. The van der Waals surface area contributed by atoms with Crippen LogP contribution in [0.4, 0.5) is 0 Å². The largest absolute Gasteiger partial charge is 0.469 e. The van der Waals surface area contributed by atoms with Gasteiger partial charge in [0, 0.05) is 13.1 Å². The molecule has 0 N–H and O–H groups in total. The van der Waals surface area contributed by atoms with Crippen molar-refractivity contribution in [2.75, 3.05) is 26.8 Å². The Balaban J connectivity index is 1.86. The molecule has 0 aromatic heterocycles. The van der Waals surface area contributed by atoms with Crippen LogP contribution in [0.25, 0.3) is 0 Å². The normalized spacial score (nSPS) is 31.3. The van der Waals surface area contributed by atoms with Crippen LogP contribution >= 0.6 is 0 Å². The molecular weight excluding hydrogens is 250 g/mol. The third-order valence-corrected chi connectivity index (χ3v) is 3.58. The minimum Gasteiger partial charge on any atom is -0.469 e.